The van der Waals surface area contributed by atoms with E-state index in [4.69, 9.17) is 10.5 Å². The second-order valence-corrected chi connectivity index (χ2v) is 5.58. The van der Waals surface area contributed by atoms with E-state index in [1.165, 1.54) is 6.33 Å². The fraction of sp³-hybridized carbons (Fsp3) is 0.462. The molecule has 0 saturated carbocycles. The quantitative estimate of drug-likeness (QED) is 0.503. The van der Waals surface area contributed by atoms with Crippen LogP contribution in [0.1, 0.15) is 11.8 Å². The van der Waals surface area contributed by atoms with Gasteiger partial charge in [-0.1, -0.05) is 0 Å². The molecule has 10 nitrogen and oxygen atoms in total. The number of hydrogen-bond donors (Lipinski definition) is 4. The van der Waals surface area contributed by atoms with E-state index in [1.54, 1.807) is 22.8 Å². The Bertz CT molecular complexity index is 805. The van der Waals surface area contributed by atoms with Crippen LogP contribution in [-0.2, 0) is 4.74 Å². The van der Waals surface area contributed by atoms with Crippen molar-refractivity contribution < 1.29 is 20.1 Å². The lowest BCUT2D eigenvalue weighted by Crippen LogP contribution is -2.33. The van der Waals surface area contributed by atoms with Crippen molar-refractivity contribution in [3.05, 3.63) is 18.1 Å². The zero-order chi connectivity index (χ0) is 16.3. The van der Waals surface area contributed by atoms with Gasteiger partial charge in [0.1, 0.15) is 30.3 Å². The molecule has 0 bridgehead atoms. The molecule has 23 heavy (non-hydrogen) atoms. The minimum absolute atomic E-state index is 0.297. The van der Waals surface area contributed by atoms with Gasteiger partial charge >= 0.3 is 0 Å². The maximum absolute atomic E-state index is 10.2. The van der Waals surface area contributed by atoms with Crippen molar-refractivity contribution in [2.24, 2.45) is 10.8 Å². The third-order valence-electron chi connectivity index (χ3n) is 4.22. The van der Waals surface area contributed by atoms with Gasteiger partial charge in [-0.3, -0.25) is 0 Å². The number of rotatable bonds is 2. The fourth-order valence-electron chi connectivity index (χ4n) is 3.07. The van der Waals surface area contributed by atoms with Crippen molar-refractivity contribution in [2.75, 3.05) is 18.7 Å². The van der Waals surface area contributed by atoms with Crippen LogP contribution in [-0.4, -0.2) is 67.7 Å². The highest BCUT2D eigenvalue weighted by atomic mass is 16.6. The molecule has 1 fully saturated rings. The number of aliphatic hydroxyl groups is 3. The molecule has 0 aliphatic carbocycles. The van der Waals surface area contributed by atoms with Gasteiger partial charge in [-0.2, -0.15) is 5.10 Å². The Hall–Kier alpha value is -2.27. The third-order valence-corrected chi connectivity index (χ3v) is 4.22. The van der Waals surface area contributed by atoms with Gasteiger partial charge in [0.2, 0.25) is 0 Å². The number of ether oxygens (including phenoxy) is 1. The first-order valence-corrected chi connectivity index (χ1v) is 7.09. The summed E-state index contributed by atoms with van der Waals surface area (Å²) in [5.41, 5.74) is 7.10. The summed E-state index contributed by atoms with van der Waals surface area (Å²) in [4.78, 5) is 8.45. The molecule has 4 heterocycles. The number of nitrogens with two attached hydrogens (primary N) is 1. The van der Waals surface area contributed by atoms with Gasteiger partial charge < -0.3 is 30.4 Å². The highest BCUT2D eigenvalue weighted by molar-refractivity contribution is 6.13. The second-order valence-electron chi connectivity index (χ2n) is 5.58. The van der Waals surface area contributed by atoms with Gasteiger partial charge in [0.05, 0.1) is 12.0 Å². The average Bonchev–Trinajstić information content (AvgIpc) is 3.05. The lowest BCUT2D eigenvalue weighted by atomic mass is 10.1. The summed E-state index contributed by atoms with van der Waals surface area (Å²) in [5, 5.41) is 35.9. The summed E-state index contributed by atoms with van der Waals surface area (Å²) >= 11 is 0. The van der Waals surface area contributed by atoms with Gasteiger partial charge in [0.15, 0.2) is 17.9 Å². The molecule has 122 valence electrons. The molecule has 0 spiro atoms. The van der Waals surface area contributed by atoms with E-state index < -0.39 is 31.1 Å². The highest BCUT2D eigenvalue weighted by Crippen LogP contribution is 2.36. The molecule has 1 saturated heterocycles. The second kappa shape index (κ2) is 4.86. The van der Waals surface area contributed by atoms with Crippen LogP contribution in [0, 0.1) is 0 Å². The number of nitrogens with zero attached hydrogens (tertiary/aromatic N) is 5. The smallest absolute Gasteiger partial charge is 0.164 e. The number of hydrogen-bond acceptors (Lipinski definition) is 9. The molecule has 2 aliphatic rings. The van der Waals surface area contributed by atoms with Crippen LogP contribution < -0.4 is 10.7 Å². The predicted octanol–water partition coefficient (Wildman–Crippen LogP) is -1.89. The van der Waals surface area contributed by atoms with Crippen molar-refractivity contribution in [1.82, 2.24) is 14.5 Å². The molecular formula is C13H16N6O4. The van der Waals surface area contributed by atoms with Gasteiger partial charge in [0.25, 0.3) is 0 Å². The van der Waals surface area contributed by atoms with E-state index in [9.17, 15) is 15.3 Å². The van der Waals surface area contributed by atoms with Crippen LogP contribution >= 0.6 is 0 Å². The first-order valence-electron chi connectivity index (χ1n) is 7.09. The van der Waals surface area contributed by atoms with Crippen molar-refractivity contribution in [3.8, 4) is 0 Å². The molecule has 0 aromatic carbocycles. The number of amidine groups is 1. The van der Waals surface area contributed by atoms with Crippen molar-refractivity contribution in [3.63, 3.8) is 0 Å². The molecule has 2 aliphatic heterocycles. The summed E-state index contributed by atoms with van der Waals surface area (Å²) in [6, 6.07) is 0. The summed E-state index contributed by atoms with van der Waals surface area (Å²) in [5.74, 6) is 0.884. The summed E-state index contributed by atoms with van der Waals surface area (Å²) in [7, 11) is 1.72. The fourth-order valence-corrected chi connectivity index (χ4v) is 3.07. The molecule has 0 amide bonds. The highest BCUT2D eigenvalue weighted by Gasteiger charge is 2.44. The molecule has 0 unspecified atom stereocenters. The summed E-state index contributed by atoms with van der Waals surface area (Å²) < 4.78 is 7.15. The van der Waals surface area contributed by atoms with E-state index in [1.807, 2.05) is 0 Å². The topological polar surface area (TPSA) is 142 Å². The van der Waals surface area contributed by atoms with Crippen LogP contribution in [0.4, 0.5) is 5.82 Å². The Labute approximate surface area is 130 Å². The van der Waals surface area contributed by atoms with Gasteiger partial charge in [-0.05, 0) is 0 Å². The minimum Gasteiger partial charge on any atom is -0.394 e. The van der Waals surface area contributed by atoms with Gasteiger partial charge in [-0.25, -0.2) is 15.0 Å². The molecule has 2 aromatic heterocycles. The molecule has 5 N–H and O–H groups in total. The maximum atomic E-state index is 10.2. The van der Waals surface area contributed by atoms with Crippen LogP contribution in [0.15, 0.2) is 17.6 Å². The number of aromatic nitrogens is 3. The van der Waals surface area contributed by atoms with Crippen LogP contribution in [0.25, 0.3) is 11.0 Å². The first-order chi connectivity index (χ1) is 11.0. The van der Waals surface area contributed by atoms with Crippen molar-refractivity contribution in [2.45, 2.75) is 24.5 Å². The van der Waals surface area contributed by atoms with E-state index >= 15 is 0 Å². The van der Waals surface area contributed by atoms with Crippen molar-refractivity contribution >= 4 is 22.7 Å². The molecule has 4 rings (SSSR count). The zero-order valence-electron chi connectivity index (χ0n) is 12.2. The lowest BCUT2D eigenvalue weighted by molar-refractivity contribution is -0.0508. The normalized spacial score (nSPS) is 30.1. The van der Waals surface area contributed by atoms with Crippen LogP contribution in [0.2, 0.25) is 0 Å². The first kappa shape index (κ1) is 14.3. The van der Waals surface area contributed by atoms with E-state index in [-0.39, 0.29) is 0 Å². The summed E-state index contributed by atoms with van der Waals surface area (Å²) in [6.07, 6.45) is -1.10. The Morgan fingerprint density at radius 2 is 2.09 bits per heavy atom. The maximum Gasteiger partial charge on any atom is 0.164 e. The average molecular weight is 320 g/mol. The van der Waals surface area contributed by atoms with E-state index in [0.29, 0.717) is 28.3 Å². The zero-order valence-corrected chi connectivity index (χ0v) is 12.2. The van der Waals surface area contributed by atoms with Gasteiger partial charge in [-0.15, -0.1) is 0 Å². The number of anilines is 1. The predicted molar refractivity (Wildman–Crippen MR) is 79.7 cm³/mol. The van der Waals surface area contributed by atoms with Crippen molar-refractivity contribution in [1.29, 1.82) is 0 Å². The monoisotopic (exact) mass is 320 g/mol. The van der Waals surface area contributed by atoms with E-state index in [0.717, 1.165) is 0 Å². The Morgan fingerprint density at radius 1 is 1.30 bits per heavy atom. The largest absolute Gasteiger partial charge is 0.394 e. The Balaban J connectivity index is 1.89. The Kier molecular flexibility index (Phi) is 3.03. The van der Waals surface area contributed by atoms with Crippen LogP contribution in [0.3, 0.4) is 0 Å². The molecule has 2 aromatic rings. The Morgan fingerprint density at radius 3 is 2.78 bits per heavy atom. The number of hydrazone groups is 1. The van der Waals surface area contributed by atoms with Crippen LogP contribution in [0.5, 0.6) is 0 Å². The standard InChI is InChI=1S/C13H16N6O4/c1-18-11-7-5(10(14)17-18)2-19(12(7)16-4-15-11)13-9(22)8(21)6(3-20)23-13/h2,4,6,8-9,13,20-22H,3H2,1H3,(H2,14,17)/t6-,8-,9-,13+/m1/s1. The minimum atomic E-state index is -1.20. The van der Waals surface area contributed by atoms with E-state index in [2.05, 4.69) is 15.1 Å². The molecular weight excluding hydrogens is 304 g/mol. The van der Waals surface area contributed by atoms with Gasteiger partial charge in [0, 0.05) is 18.8 Å². The third kappa shape index (κ3) is 1.86. The molecule has 4 atom stereocenters. The SMILES string of the molecule is CN1N=C(N)c2cn([C@H]3O[C@H](CO)[C@@H](O)[C@H]3O)c3ncnc1c23. The lowest BCUT2D eigenvalue weighted by Gasteiger charge is -2.19. The molecule has 0 radical (unpaired) electrons. The summed E-state index contributed by atoms with van der Waals surface area (Å²) in [6.45, 7) is -0.395. The molecule has 10 heteroatoms. The number of aliphatic hydroxyl groups excluding tert-OH is 3.